The normalized spacial score (nSPS) is 9.50. The molecule has 74 valence electrons. The smallest absolute Gasteiger partial charge is 0.269 e. The maximum atomic E-state index is 10.3. The lowest BCUT2D eigenvalue weighted by molar-refractivity contribution is -0.384. The fourth-order valence-electron chi connectivity index (χ4n) is 0.899. The average molecular weight is 257 g/mol. The van der Waals surface area contributed by atoms with Crippen LogP contribution >= 0.6 is 15.9 Å². The van der Waals surface area contributed by atoms with Crippen molar-refractivity contribution in [3.05, 3.63) is 45.4 Å². The van der Waals surface area contributed by atoms with E-state index in [0.29, 0.717) is 6.54 Å². The van der Waals surface area contributed by atoms with E-state index in [0.717, 1.165) is 10.2 Å². The van der Waals surface area contributed by atoms with Gasteiger partial charge in [-0.1, -0.05) is 22.5 Å². The maximum absolute atomic E-state index is 10.3. The van der Waals surface area contributed by atoms with Crippen molar-refractivity contribution in [3.63, 3.8) is 0 Å². The molecule has 4 nitrogen and oxygen atoms in total. The van der Waals surface area contributed by atoms with Crippen molar-refractivity contribution in [3.8, 4) is 0 Å². The molecular weight excluding hydrogens is 248 g/mol. The molecule has 0 fully saturated rings. The predicted molar refractivity (Wildman–Crippen MR) is 59.7 cm³/mol. The van der Waals surface area contributed by atoms with E-state index in [1.54, 1.807) is 12.1 Å². The minimum absolute atomic E-state index is 0.0909. The highest BCUT2D eigenvalue weighted by Gasteiger charge is 2.02. The minimum atomic E-state index is -0.423. The molecule has 5 heteroatoms. The number of anilines is 1. The fourth-order valence-corrected chi connectivity index (χ4v) is 1.04. The van der Waals surface area contributed by atoms with Gasteiger partial charge in [-0.3, -0.25) is 10.1 Å². The fraction of sp³-hybridized carbons (Fsp3) is 0.111. The number of nitrogens with one attached hydrogen (secondary N) is 1. The highest BCUT2D eigenvalue weighted by atomic mass is 79.9. The van der Waals surface area contributed by atoms with Crippen molar-refractivity contribution in [2.24, 2.45) is 0 Å². The largest absolute Gasteiger partial charge is 0.380 e. The van der Waals surface area contributed by atoms with Gasteiger partial charge in [-0.2, -0.15) is 0 Å². The zero-order chi connectivity index (χ0) is 10.6. The number of halogens is 1. The molecule has 0 bridgehead atoms. The van der Waals surface area contributed by atoms with Gasteiger partial charge in [0.1, 0.15) is 0 Å². The van der Waals surface area contributed by atoms with Crippen molar-refractivity contribution in [1.29, 1.82) is 0 Å². The van der Waals surface area contributed by atoms with Gasteiger partial charge in [0.05, 0.1) is 4.92 Å². The van der Waals surface area contributed by atoms with Crippen molar-refractivity contribution in [2.45, 2.75) is 0 Å². The van der Waals surface area contributed by atoms with E-state index >= 15 is 0 Å². The van der Waals surface area contributed by atoms with E-state index in [2.05, 4.69) is 27.8 Å². The number of nitro benzene ring substituents is 1. The number of non-ortho nitro benzene ring substituents is 1. The third-order valence-corrected chi connectivity index (χ3v) is 1.84. The van der Waals surface area contributed by atoms with Crippen molar-refractivity contribution < 1.29 is 4.92 Å². The van der Waals surface area contributed by atoms with Crippen molar-refractivity contribution in [1.82, 2.24) is 0 Å². The van der Waals surface area contributed by atoms with Crippen LogP contribution in [0.25, 0.3) is 0 Å². The first-order chi connectivity index (χ1) is 6.59. The van der Waals surface area contributed by atoms with Crippen LogP contribution in [-0.4, -0.2) is 11.5 Å². The molecule has 0 radical (unpaired) electrons. The summed E-state index contributed by atoms with van der Waals surface area (Å²) in [4.78, 5) is 9.92. The molecule has 0 saturated heterocycles. The van der Waals surface area contributed by atoms with Crippen LogP contribution < -0.4 is 5.32 Å². The van der Waals surface area contributed by atoms with Gasteiger partial charge in [0.15, 0.2) is 0 Å². The van der Waals surface area contributed by atoms with E-state index in [1.807, 2.05) is 0 Å². The van der Waals surface area contributed by atoms with E-state index < -0.39 is 4.92 Å². The van der Waals surface area contributed by atoms with Crippen LogP contribution in [0.3, 0.4) is 0 Å². The lowest BCUT2D eigenvalue weighted by Gasteiger charge is -2.03. The Bertz CT molecular complexity index is 348. The Morgan fingerprint density at radius 3 is 2.50 bits per heavy atom. The second-order valence-electron chi connectivity index (χ2n) is 2.67. The maximum Gasteiger partial charge on any atom is 0.269 e. The molecule has 0 unspecified atom stereocenters. The summed E-state index contributed by atoms with van der Waals surface area (Å²) in [6.45, 7) is 4.26. The molecule has 0 aliphatic heterocycles. The van der Waals surface area contributed by atoms with Gasteiger partial charge in [-0.25, -0.2) is 0 Å². The molecule has 0 aliphatic rings. The minimum Gasteiger partial charge on any atom is -0.380 e. The topological polar surface area (TPSA) is 55.2 Å². The van der Waals surface area contributed by atoms with Crippen LogP contribution in [0.4, 0.5) is 11.4 Å². The number of benzene rings is 1. The molecule has 0 atom stereocenters. The van der Waals surface area contributed by atoms with E-state index in [4.69, 9.17) is 0 Å². The third-order valence-electron chi connectivity index (χ3n) is 1.56. The van der Waals surface area contributed by atoms with Gasteiger partial charge >= 0.3 is 0 Å². The molecule has 1 aromatic carbocycles. The summed E-state index contributed by atoms with van der Waals surface area (Å²) in [7, 11) is 0. The summed E-state index contributed by atoms with van der Waals surface area (Å²) in [6, 6.07) is 6.24. The Morgan fingerprint density at radius 1 is 1.50 bits per heavy atom. The second kappa shape index (κ2) is 4.76. The molecule has 1 rings (SSSR count). The SMILES string of the molecule is C=C(Br)CNc1ccc([N+](=O)[O-])cc1. The summed E-state index contributed by atoms with van der Waals surface area (Å²) in [5, 5.41) is 13.4. The van der Waals surface area contributed by atoms with Gasteiger partial charge in [0.2, 0.25) is 0 Å². The van der Waals surface area contributed by atoms with Crippen LogP contribution in [0.5, 0.6) is 0 Å². The monoisotopic (exact) mass is 256 g/mol. The number of hydrogen-bond donors (Lipinski definition) is 1. The highest BCUT2D eigenvalue weighted by Crippen LogP contribution is 2.15. The van der Waals surface area contributed by atoms with Crippen LogP contribution in [-0.2, 0) is 0 Å². The van der Waals surface area contributed by atoms with Gasteiger partial charge in [-0.05, 0) is 12.1 Å². The van der Waals surface area contributed by atoms with Gasteiger partial charge < -0.3 is 5.32 Å². The predicted octanol–water partition coefficient (Wildman–Crippen LogP) is 2.92. The van der Waals surface area contributed by atoms with Crippen LogP contribution in [0.1, 0.15) is 0 Å². The van der Waals surface area contributed by atoms with Crippen LogP contribution in [0.15, 0.2) is 35.3 Å². The Hall–Kier alpha value is -1.36. The van der Waals surface area contributed by atoms with E-state index in [1.165, 1.54) is 12.1 Å². The number of nitrogens with zero attached hydrogens (tertiary/aromatic N) is 1. The van der Waals surface area contributed by atoms with Crippen LogP contribution in [0, 0.1) is 10.1 Å². The molecule has 0 spiro atoms. The Balaban J connectivity index is 2.64. The van der Waals surface area contributed by atoms with E-state index in [-0.39, 0.29) is 5.69 Å². The third kappa shape index (κ3) is 3.18. The van der Waals surface area contributed by atoms with E-state index in [9.17, 15) is 10.1 Å². The zero-order valence-electron chi connectivity index (χ0n) is 7.37. The van der Waals surface area contributed by atoms with Crippen LogP contribution in [0.2, 0.25) is 0 Å². The summed E-state index contributed by atoms with van der Waals surface area (Å²) in [5.74, 6) is 0. The standard InChI is InChI=1S/C9H9BrN2O2/c1-7(10)6-11-8-2-4-9(5-3-8)12(13)14/h2-5,11H,1,6H2. The number of nitro groups is 1. The molecule has 0 aliphatic carbocycles. The first-order valence-corrected chi connectivity index (χ1v) is 4.70. The Kier molecular flexibility index (Phi) is 3.64. The summed E-state index contributed by atoms with van der Waals surface area (Å²) >= 11 is 3.20. The quantitative estimate of drug-likeness (QED) is 0.666. The molecule has 0 aromatic heterocycles. The first-order valence-electron chi connectivity index (χ1n) is 3.91. The first kappa shape index (κ1) is 10.7. The molecule has 14 heavy (non-hydrogen) atoms. The van der Waals surface area contributed by atoms with Crippen molar-refractivity contribution >= 4 is 27.3 Å². The molecule has 0 heterocycles. The highest BCUT2D eigenvalue weighted by molar-refractivity contribution is 9.11. The molecular formula is C9H9BrN2O2. The second-order valence-corrected chi connectivity index (χ2v) is 3.80. The van der Waals surface area contributed by atoms with Gasteiger partial charge in [0, 0.05) is 28.8 Å². The summed E-state index contributed by atoms with van der Waals surface area (Å²) in [6.07, 6.45) is 0. The number of hydrogen-bond acceptors (Lipinski definition) is 3. The molecule has 1 N–H and O–H groups in total. The zero-order valence-corrected chi connectivity index (χ0v) is 8.95. The van der Waals surface area contributed by atoms with Gasteiger partial charge in [0.25, 0.3) is 5.69 Å². The summed E-state index contributed by atoms with van der Waals surface area (Å²) < 4.78 is 0.829. The lowest BCUT2D eigenvalue weighted by atomic mass is 10.3. The average Bonchev–Trinajstić information content (AvgIpc) is 2.15. The summed E-state index contributed by atoms with van der Waals surface area (Å²) in [5.41, 5.74) is 0.921. The molecule has 0 amide bonds. The Labute approximate surface area is 89.9 Å². The van der Waals surface area contributed by atoms with Gasteiger partial charge in [-0.15, -0.1) is 0 Å². The van der Waals surface area contributed by atoms with Crippen molar-refractivity contribution in [2.75, 3.05) is 11.9 Å². The molecule has 0 saturated carbocycles. The Morgan fingerprint density at radius 2 is 2.07 bits per heavy atom. The molecule has 1 aromatic rings. The lowest BCUT2D eigenvalue weighted by Crippen LogP contribution is -2.00. The number of rotatable bonds is 4.